The van der Waals surface area contributed by atoms with E-state index in [4.69, 9.17) is 16.3 Å². The molecule has 4 rings (SSSR count). The molecule has 1 aliphatic heterocycles. The molecule has 0 aliphatic carbocycles. The molecule has 0 atom stereocenters. The Labute approximate surface area is 194 Å². The lowest BCUT2D eigenvalue weighted by molar-refractivity contribution is -0.139. The van der Waals surface area contributed by atoms with Crippen LogP contribution in [0.5, 0.6) is 0 Å². The summed E-state index contributed by atoms with van der Waals surface area (Å²) in [6.45, 7) is 0.436. The molecular formula is C22H21ClF3N3O3S. The number of ether oxygens (including phenoxy) is 1. The maximum Gasteiger partial charge on any atom is 0.417 e. The lowest BCUT2D eigenvalue weighted by Crippen LogP contribution is -2.37. The molecule has 0 N–H and O–H groups in total. The van der Waals surface area contributed by atoms with Gasteiger partial charge in [-0.15, -0.1) is 0 Å². The van der Waals surface area contributed by atoms with E-state index < -0.39 is 26.7 Å². The summed E-state index contributed by atoms with van der Waals surface area (Å²) in [4.78, 5) is -0.745. The van der Waals surface area contributed by atoms with Gasteiger partial charge in [0.2, 0.25) is 10.0 Å². The number of fused-ring (bicyclic) bond motifs is 1. The second-order valence-corrected chi connectivity index (χ2v) is 10.0. The van der Waals surface area contributed by atoms with Gasteiger partial charge in [-0.2, -0.15) is 22.6 Å². The number of aryl methyl sites for hydroxylation is 1. The monoisotopic (exact) mass is 499 g/mol. The van der Waals surface area contributed by atoms with E-state index in [-0.39, 0.29) is 19.7 Å². The van der Waals surface area contributed by atoms with Gasteiger partial charge in [0.05, 0.1) is 29.4 Å². The largest absolute Gasteiger partial charge is 0.417 e. The van der Waals surface area contributed by atoms with Crippen molar-refractivity contribution in [3.63, 3.8) is 0 Å². The minimum Gasteiger partial charge on any atom is -0.370 e. The van der Waals surface area contributed by atoms with E-state index in [1.807, 2.05) is 12.1 Å². The lowest BCUT2D eigenvalue weighted by atomic mass is 10.1. The molecule has 1 aliphatic rings. The summed E-state index contributed by atoms with van der Waals surface area (Å²) in [7, 11) is -2.62. The SMILES string of the molecule is Cn1nc(COCc2ccc(Cl)cc2)c2c1CCN(S(=O)(=O)c1ccccc1C(F)(F)F)C2. The van der Waals surface area contributed by atoms with Crippen molar-refractivity contribution in [2.75, 3.05) is 6.54 Å². The third-order valence-corrected chi connectivity index (χ3v) is 7.68. The third-order valence-electron chi connectivity index (χ3n) is 5.52. The molecule has 3 aromatic rings. The number of sulfonamides is 1. The van der Waals surface area contributed by atoms with Crippen molar-refractivity contribution < 1.29 is 26.3 Å². The predicted molar refractivity (Wildman–Crippen MR) is 116 cm³/mol. The molecule has 176 valence electrons. The first-order valence-corrected chi connectivity index (χ1v) is 11.9. The van der Waals surface area contributed by atoms with Gasteiger partial charge in [-0.25, -0.2) is 8.42 Å². The van der Waals surface area contributed by atoms with Gasteiger partial charge >= 0.3 is 6.18 Å². The molecule has 11 heteroatoms. The molecule has 0 bridgehead atoms. The van der Waals surface area contributed by atoms with Crippen molar-refractivity contribution in [1.29, 1.82) is 0 Å². The van der Waals surface area contributed by atoms with E-state index >= 15 is 0 Å². The van der Waals surface area contributed by atoms with E-state index in [1.54, 1.807) is 23.9 Å². The van der Waals surface area contributed by atoms with Crippen LogP contribution in [0.25, 0.3) is 0 Å². The number of aromatic nitrogens is 2. The van der Waals surface area contributed by atoms with Crippen molar-refractivity contribution in [2.45, 2.75) is 37.3 Å². The number of rotatable bonds is 6. The van der Waals surface area contributed by atoms with Gasteiger partial charge in [0.25, 0.3) is 0 Å². The number of hydrogen-bond donors (Lipinski definition) is 0. The Bertz CT molecular complexity index is 1260. The van der Waals surface area contributed by atoms with Gasteiger partial charge in [0.15, 0.2) is 0 Å². The normalized spacial score (nSPS) is 14.9. The Kier molecular flexibility index (Phi) is 6.54. The van der Waals surface area contributed by atoms with Gasteiger partial charge in [-0.3, -0.25) is 4.68 Å². The van der Waals surface area contributed by atoms with Crippen molar-refractivity contribution in [2.24, 2.45) is 7.05 Å². The Morgan fingerprint density at radius 1 is 1.09 bits per heavy atom. The summed E-state index contributed by atoms with van der Waals surface area (Å²) in [5.41, 5.74) is 1.81. The maximum atomic E-state index is 13.4. The molecule has 0 unspecified atom stereocenters. The summed E-state index contributed by atoms with van der Waals surface area (Å²) in [5, 5.41) is 5.07. The summed E-state index contributed by atoms with van der Waals surface area (Å²) < 4.78 is 75.1. The van der Waals surface area contributed by atoms with Crippen molar-refractivity contribution in [1.82, 2.24) is 14.1 Å². The molecule has 0 amide bonds. The highest BCUT2D eigenvalue weighted by Crippen LogP contribution is 2.36. The molecule has 6 nitrogen and oxygen atoms in total. The average molecular weight is 500 g/mol. The van der Waals surface area contributed by atoms with Crippen LogP contribution in [0.15, 0.2) is 53.4 Å². The van der Waals surface area contributed by atoms with Gasteiger partial charge in [-0.05, 0) is 29.8 Å². The molecule has 1 aromatic heterocycles. The summed E-state index contributed by atoms with van der Waals surface area (Å²) >= 11 is 5.88. The molecular weight excluding hydrogens is 479 g/mol. The van der Waals surface area contributed by atoms with Crippen LogP contribution in [0, 0.1) is 0 Å². The van der Waals surface area contributed by atoms with Crippen LogP contribution in [-0.4, -0.2) is 29.0 Å². The predicted octanol–water partition coefficient (Wildman–Crippen LogP) is 4.56. The Hall–Kier alpha value is -2.40. The molecule has 33 heavy (non-hydrogen) atoms. The van der Waals surface area contributed by atoms with Crippen LogP contribution in [0.1, 0.15) is 28.1 Å². The first kappa shape index (κ1) is 23.7. The smallest absolute Gasteiger partial charge is 0.370 e. The maximum absolute atomic E-state index is 13.4. The number of benzene rings is 2. The van der Waals surface area contributed by atoms with E-state index in [9.17, 15) is 21.6 Å². The highest BCUT2D eigenvalue weighted by molar-refractivity contribution is 7.89. The number of nitrogens with zero attached hydrogens (tertiary/aromatic N) is 3. The fourth-order valence-electron chi connectivity index (χ4n) is 3.88. The van der Waals surface area contributed by atoms with Crippen LogP contribution in [0.4, 0.5) is 13.2 Å². The fourth-order valence-corrected chi connectivity index (χ4v) is 5.62. The summed E-state index contributed by atoms with van der Waals surface area (Å²) in [6, 6.07) is 11.4. The highest BCUT2D eigenvalue weighted by atomic mass is 35.5. The van der Waals surface area contributed by atoms with Gasteiger partial charge in [0, 0.05) is 42.8 Å². The molecule has 2 heterocycles. The van der Waals surface area contributed by atoms with Crippen molar-refractivity contribution >= 4 is 21.6 Å². The zero-order valence-electron chi connectivity index (χ0n) is 17.6. The molecule has 0 spiro atoms. The highest BCUT2D eigenvalue weighted by Gasteiger charge is 2.40. The Morgan fingerprint density at radius 2 is 1.79 bits per heavy atom. The lowest BCUT2D eigenvalue weighted by Gasteiger charge is -2.28. The van der Waals surface area contributed by atoms with Crippen LogP contribution in [0.3, 0.4) is 0 Å². The number of hydrogen-bond acceptors (Lipinski definition) is 4. The molecule has 0 saturated carbocycles. The van der Waals surface area contributed by atoms with Crippen LogP contribution in [0.2, 0.25) is 5.02 Å². The second-order valence-electron chi connectivity index (χ2n) is 7.70. The molecule has 0 fully saturated rings. The fraction of sp³-hybridized carbons (Fsp3) is 0.318. The standard InChI is InChI=1S/C22H21ClF3N3O3S/c1-28-20-10-11-29(33(30,31)21-5-3-2-4-18(21)22(24,25)26)12-17(20)19(27-28)14-32-13-15-6-8-16(23)9-7-15/h2-9H,10-14H2,1H3. The van der Waals surface area contributed by atoms with Crippen LogP contribution >= 0.6 is 11.6 Å². The molecule has 0 radical (unpaired) electrons. The zero-order valence-corrected chi connectivity index (χ0v) is 19.2. The minimum absolute atomic E-state index is 0.0616. The number of alkyl halides is 3. The van der Waals surface area contributed by atoms with Crippen LogP contribution < -0.4 is 0 Å². The van der Waals surface area contributed by atoms with Gasteiger partial charge in [-0.1, -0.05) is 35.9 Å². The van der Waals surface area contributed by atoms with Crippen molar-refractivity contribution in [3.8, 4) is 0 Å². The molecule has 2 aromatic carbocycles. The van der Waals surface area contributed by atoms with Crippen LogP contribution in [-0.2, 0) is 54.2 Å². The minimum atomic E-state index is -4.78. The summed E-state index contributed by atoms with van der Waals surface area (Å²) in [5.74, 6) is 0. The second kappa shape index (κ2) is 9.09. The van der Waals surface area contributed by atoms with E-state index in [0.717, 1.165) is 27.7 Å². The first-order valence-electron chi connectivity index (χ1n) is 10.1. The van der Waals surface area contributed by atoms with E-state index in [2.05, 4.69) is 5.10 Å². The first-order chi connectivity index (χ1) is 15.6. The average Bonchev–Trinajstić information content (AvgIpc) is 3.09. The number of halogens is 4. The Morgan fingerprint density at radius 3 is 2.48 bits per heavy atom. The molecule has 0 saturated heterocycles. The topological polar surface area (TPSA) is 64.4 Å². The van der Waals surface area contributed by atoms with Gasteiger partial charge in [0.1, 0.15) is 0 Å². The summed E-state index contributed by atoms with van der Waals surface area (Å²) in [6.07, 6.45) is -4.44. The van der Waals surface area contributed by atoms with E-state index in [1.165, 1.54) is 12.1 Å². The zero-order chi connectivity index (χ0) is 23.8. The third kappa shape index (κ3) is 4.93. The quantitative estimate of drug-likeness (QED) is 0.499. The Balaban J connectivity index is 1.55. The van der Waals surface area contributed by atoms with Crippen molar-refractivity contribution in [3.05, 3.63) is 81.6 Å². The van der Waals surface area contributed by atoms with Gasteiger partial charge < -0.3 is 4.74 Å². The van der Waals surface area contributed by atoms with E-state index in [0.29, 0.717) is 29.3 Å².